The number of ether oxygens (including phenoxy) is 2. The lowest BCUT2D eigenvalue weighted by molar-refractivity contribution is -0.117. The van der Waals surface area contributed by atoms with Gasteiger partial charge in [0.1, 0.15) is 0 Å². The monoisotopic (exact) mass is 439 g/mol. The summed E-state index contributed by atoms with van der Waals surface area (Å²) in [5.74, 6) is 2.19. The molecular formula is C22H22ClN5O3. The van der Waals surface area contributed by atoms with Crippen molar-refractivity contribution < 1.29 is 14.3 Å². The maximum atomic E-state index is 12.5. The molecule has 1 aromatic heterocycles. The molecule has 1 fully saturated rings. The second kappa shape index (κ2) is 8.49. The van der Waals surface area contributed by atoms with Crippen LogP contribution in [-0.4, -0.2) is 59.9 Å². The molecule has 1 N–H and O–H groups in total. The van der Waals surface area contributed by atoms with Crippen molar-refractivity contribution in [3.8, 4) is 17.2 Å². The number of hydrogen-bond acceptors (Lipinski definition) is 6. The molecule has 2 aliphatic rings. The fraction of sp³-hybridized carbons (Fsp3) is 0.273. The Morgan fingerprint density at radius 1 is 1.06 bits per heavy atom. The SMILES string of the molecule is O=C(CN1CCN(c2nccn2-c2cccc(Cl)c2)CC1)Nc1ccc2c(c1)OCO2. The van der Waals surface area contributed by atoms with Crippen LogP contribution in [0.3, 0.4) is 0 Å². The van der Waals surface area contributed by atoms with Gasteiger partial charge in [-0.3, -0.25) is 14.3 Å². The van der Waals surface area contributed by atoms with Gasteiger partial charge >= 0.3 is 0 Å². The Hall–Kier alpha value is -3.23. The zero-order valence-corrected chi connectivity index (χ0v) is 17.6. The van der Waals surface area contributed by atoms with E-state index in [9.17, 15) is 4.79 Å². The van der Waals surface area contributed by atoms with Crippen molar-refractivity contribution in [3.05, 3.63) is 59.9 Å². The first-order valence-corrected chi connectivity index (χ1v) is 10.5. The number of aromatic nitrogens is 2. The quantitative estimate of drug-likeness (QED) is 0.659. The Bertz CT molecular complexity index is 1090. The second-order valence-corrected chi connectivity index (χ2v) is 7.89. The molecular weight excluding hydrogens is 418 g/mol. The molecule has 2 aromatic carbocycles. The van der Waals surface area contributed by atoms with Crippen molar-refractivity contribution in [2.45, 2.75) is 0 Å². The van der Waals surface area contributed by atoms with E-state index in [1.807, 2.05) is 41.1 Å². The Balaban J connectivity index is 1.17. The van der Waals surface area contributed by atoms with Crippen LogP contribution in [0.1, 0.15) is 0 Å². The molecule has 0 bridgehead atoms. The van der Waals surface area contributed by atoms with Crippen molar-refractivity contribution in [2.75, 3.05) is 49.7 Å². The van der Waals surface area contributed by atoms with Gasteiger partial charge in [0, 0.05) is 61.0 Å². The highest BCUT2D eigenvalue weighted by Crippen LogP contribution is 2.34. The molecule has 0 aliphatic carbocycles. The maximum Gasteiger partial charge on any atom is 0.238 e. The molecule has 1 amide bonds. The lowest BCUT2D eigenvalue weighted by atomic mass is 10.2. The summed E-state index contributed by atoms with van der Waals surface area (Å²) in [4.78, 5) is 21.4. The summed E-state index contributed by atoms with van der Waals surface area (Å²) in [6.07, 6.45) is 3.73. The average molecular weight is 440 g/mol. The number of nitrogens with zero attached hydrogens (tertiary/aromatic N) is 4. The van der Waals surface area contributed by atoms with Crippen LogP contribution < -0.4 is 19.7 Å². The van der Waals surface area contributed by atoms with Crippen LogP contribution in [0.5, 0.6) is 11.5 Å². The number of hydrogen-bond donors (Lipinski definition) is 1. The zero-order chi connectivity index (χ0) is 21.2. The van der Waals surface area contributed by atoms with Crippen LogP contribution in [0.2, 0.25) is 5.02 Å². The number of anilines is 2. The molecule has 0 radical (unpaired) electrons. The van der Waals surface area contributed by atoms with E-state index in [0.717, 1.165) is 37.8 Å². The van der Waals surface area contributed by atoms with Gasteiger partial charge in [0.2, 0.25) is 18.6 Å². The van der Waals surface area contributed by atoms with Crippen molar-refractivity contribution in [2.24, 2.45) is 0 Å². The topological polar surface area (TPSA) is 71.9 Å². The lowest BCUT2D eigenvalue weighted by Crippen LogP contribution is -2.49. The number of fused-ring (bicyclic) bond motifs is 1. The molecule has 1 saturated heterocycles. The molecule has 5 rings (SSSR count). The molecule has 3 aromatic rings. The summed E-state index contributed by atoms with van der Waals surface area (Å²) < 4.78 is 12.7. The number of imidazole rings is 1. The predicted octanol–water partition coefficient (Wildman–Crippen LogP) is 3.02. The van der Waals surface area contributed by atoms with Gasteiger partial charge < -0.3 is 19.7 Å². The Morgan fingerprint density at radius 2 is 1.90 bits per heavy atom. The van der Waals surface area contributed by atoms with E-state index in [1.165, 1.54) is 0 Å². The number of rotatable bonds is 5. The molecule has 2 aliphatic heterocycles. The summed E-state index contributed by atoms with van der Waals surface area (Å²) in [5.41, 5.74) is 1.68. The molecule has 3 heterocycles. The molecule has 0 saturated carbocycles. The first-order valence-electron chi connectivity index (χ1n) is 10.1. The molecule has 8 nitrogen and oxygen atoms in total. The number of halogens is 1. The van der Waals surface area contributed by atoms with Crippen LogP contribution in [0.4, 0.5) is 11.6 Å². The van der Waals surface area contributed by atoms with Gasteiger partial charge in [-0.05, 0) is 30.3 Å². The van der Waals surface area contributed by atoms with Crippen LogP contribution in [0.15, 0.2) is 54.9 Å². The van der Waals surface area contributed by atoms with E-state index in [2.05, 4.69) is 20.1 Å². The summed E-state index contributed by atoms with van der Waals surface area (Å²) >= 11 is 6.15. The normalized spacial score (nSPS) is 15.8. The molecule has 160 valence electrons. The van der Waals surface area contributed by atoms with E-state index in [4.69, 9.17) is 21.1 Å². The van der Waals surface area contributed by atoms with Gasteiger partial charge in [-0.15, -0.1) is 0 Å². The Labute approximate surface area is 184 Å². The third kappa shape index (κ3) is 4.30. The van der Waals surface area contributed by atoms with Gasteiger partial charge in [0.05, 0.1) is 6.54 Å². The maximum absolute atomic E-state index is 12.5. The van der Waals surface area contributed by atoms with E-state index in [0.29, 0.717) is 28.8 Å². The minimum absolute atomic E-state index is 0.0484. The minimum Gasteiger partial charge on any atom is -0.454 e. The van der Waals surface area contributed by atoms with Gasteiger partial charge in [-0.2, -0.15) is 0 Å². The van der Waals surface area contributed by atoms with E-state index in [-0.39, 0.29) is 12.7 Å². The lowest BCUT2D eigenvalue weighted by Gasteiger charge is -2.35. The van der Waals surface area contributed by atoms with Crippen molar-refractivity contribution in [1.29, 1.82) is 0 Å². The molecule has 9 heteroatoms. The highest BCUT2D eigenvalue weighted by Gasteiger charge is 2.22. The predicted molar refractivity (Wildman–Crippen MR) is 118 cm³/mol. The van der Waals surface area contributed by atoms with Crippen LogP contribution in [0.25, 0.3) is 5.69 Å². The highest BCUT2D eigenvalue weighted by molar-refractivity contribution is 6.30. The van der Waals surface area contributed by atoms with Gasteiger partial charge in [-0.25, -0.2) is 4.98 Å². The van der Waals surface area contributed by atoms with E-state index in [1.54, 1.807) is 18.3 Å². The summed E-state index contributed by atoms with van der Waals surface area (Å²) in [6, 6.07) is 13.1. The minimum atomic E-state index is -0.0484. The van der Waals surface area contributed by atoms with Gasteiger partial charge in [0.15, 0.2) is 11.5 Å². The van der Waals surface area contributed by atoms with Gasteiger partial charge in [-0.1, -0.05) is 17.7 Å². The van der Waals surface area contributed by atoms with Crippen molar-refractivity contribution in [1.82, 2.24) is 14.5 Å². The van der Waals surface area contributed by atoms with Crippen LogP contribution >= 0.6 is 11.6 Å². The first kappa shape index (κ1) is 19.7. The second-order valence-electron chi connectivity index (χ2n) is 7.46. The smallest absolute Gasteiger partial charge is 0.238 e. The highest BCUT2D eigenvalue weighted by atomic mass is 35.5. The number of benzene rings is 2. The number of carbonyl (C=O) groups excluding carboxylic acids is 1. The third-order valence-corrected chi connectivity index (χ3v) is 5.62. The first-order chi connectivity index (χ1) is 15.2. The van der Waals surface area contributed by atoms with Crippen molar-refractivity contribution in [3.63, 3.8) is 0 Å². The number of amides is 1. The fourth-order valence-corrected chi connectivity index (χ4v) is 4.03. The largest absolute Gasteiger partial charge is 0.454 e. The number of nitrogens with one attached hydrogen (secondary N) is 1. The van der Waals surface area contributed by atoms with Crippen molar-refractivity contribution >= 4 is 29.1 Å². The fourth-order valence-electron chi connectivity index (χ4n) is 3.84. The molecule has 31 heavy (non-hydrogen) atoms. The zero-order valence-electron chi connectivity index (χ0n) is 16.8. The standard InChI is InChI=1S/C22H22ClN5O3/c23-16-2-1-3-18(12-16)28-7-6-24-22(28)27-10-8-26(9-11-27)14-21(29)25-17-4-5-19-20(13-17)31-15-30-19/h1-7,12-13H,8-11,14-15H2,(H,25,29). The average Bonchev–Trinajstić information content (AvgIpc) is 3.43. The van der Waals surface area contributed by atoms with Gasteiger partial charge in [0.25, 0.3) is 0 Å². The Morgan fingerprint density at radius 3 is 2.74 bits per heavy atom. The van der Waals surface area contributed by atoms with E-state index < -0.39 is 0 Å². The summed E-state index contributed by atoms with van der Waals surface area (Å²) in [7, 11) is 0. The Kier molecular flexibility index (Phi) is 5.40. The van der Waals surface area contributed by atoms with Crippen LogP contribution in [0, 0.1) is 0 Å². The number of carbonyl (C=O) groups is 1. The third-order valence-electron chi connectivity index (χ3n) is 5.39. The molecule has 0 unspecified atom stereocenters. The number of piperazine rings is 1. The summed E-state index contributed by atoms with van der Waals surface area (Å²) in [5, 5.41) is 3.63. The van der Waals surface area contributed by atoms with Crippen LogP contribution in [-0.2, 0) is 4.79 Å². The molecule has 0 atom stereocenters. The molecule has 0 spiro atoms. The summed E-state index contributed by atoms with van der Waals surface area (Å²) in [6.45, 7) is 3.68. The van der Waals surface area contributed by atoms with E-state index >= 15 is 0 Å².